The molecule has 1 saturated heterocycles. The molecule has 1 aliphatic heterocycles. The summed E-state index contributed by atoms with van der Waals surface area (Å²) in [5.74, 6) is 1.15. The largest absolute Gasteiger partial charge is 0.382 e. The molecule has 202 valence electrons. The molecule has 38 heavy (non-hydrogen) atoms. The molecule has 5 rings (SSSR count). The first-order chi connectivity index (χ1) is 18.4. The van der Waals surface area contributed by atoms with Crippen LogP contribution in [0.1, 0.15) is 43.6 Å². The molecule has 3 heterocycles. The minimum atomic E-state index is -3.36. The lowest BCUT2D eigenvalue weighted by Crippen LogP contribution is -2.24. The number of hydrogen-bond acceptors (Lipinski definition) is 8. The first-order valence-corrected chi connectivity index (χ1v) is 14.8. The topological polar surface area (TPSA) is 111 Å². The fraction of sp³-hybridized carbons (Fsp3) is 0.429. The Morgan fingerprint density at radius 1 is 1.13 bits per heavy atom. The number of nitrogen functional groups attached to an aromatic ring is 1. The van der Waals surface area contributed by atoms with Crippen molar-refractivity contribution >= 4 is 35.3 Å². The Labute approximate surface area is 222 Å². The molecule has 0 saturated carbocycles. The van der Waals surface area contributed by atoms with Gasteiger partial charge in [0.1, 0.15) is 24.3 Å². The molecule has 0 aliphatic carbocycles. The lowest BCUT2D eigenvalue weighted by Gasteiger charge is -2.30. The Bertz CT molecular complexity index is 1460. The van der Waals surface area contributed by atoms with E-state index in [1.807, 2.05) is 44.2 Å². The second kappa shape index (κ2) is 11.5. The van der Waals surface area contributed by atoms with Crippen LogP contribution >= 0.6 is 7.60 Å². The van der Waals surface area contributed by atoms with E-state index in [9.17, 15) is 4.57 Å². The number of ether oxygens (including phenoxy) is 2. The van der Waals surface area contributed by atoms with Crippen LogP contribution in [0.2, 0.25) is 0 Å². The van der Waals surface area contributed by atoms with Crippen molar-refractivity contribution in [1.82, 2.24) is 14.5 Å². The molecule has 2 aromatic heterocycles. The van der Waals surface area contributed by atoms with Gasteiger partial charge in [-0.25, -0.2) is 9.97 Å². The fourth-order valence-corrected chi connectivity index (χ4v) is 6.23. The van der Waals surface area contributed by atoms with Gasteiger partial charge in [0, 0.05) is 17.9 Å². The van der Waals surface area contributed by atoms with E-state index in [2.05, 4.69) is 34.7 Å². The first-order valence-electron chi connectivity index (χ1n) is 13.1. The average Bonchev–Trinajstić information content (AvgIpc) is 3.30. The van der Waals surface area contributed by atoms with E-state index in [1.165, 1.54) is 5.56 Å². The molecule has 0 bridgehead atoms. The smallest absolute Gasteiger partial charge is 0.356 e. The summed E-state index contributed by atoms with van der Waals surface area (Å²) < 4.78 is 38.5. The SMILES string of the molecule is CCOCc1nc2c(N)nc3ccccc3c2n1CC(C)OCP1(=O)OCC(c2cccc(CC)c2)CO1. The highest BCUT2D eigenvalue weighted by atomic mass is 31.2. The van der Waals surface area contributed by atoms with Gasteiger partial charge in [0.15, 0.2) is 5.82 Å². The third kappa shape index (κ3) is 5.63. The van der Waals surface area contributed by atoms with Crippen LogP contribution in [-0.2, 0) is 42.7 Å². The van der Waals surface area contributed by atoms with E-state index < -0.39 is 7.60 Å². The molecule has 1 aliphatic rings. The van der Waals surface area contributed by atoms with Gasteiger partial charge in [-0.2, -0.15) is 0 Å². The maximum Gasteiger partial charge on any atom is 0.356 e. The van der Waals surface area contributed by atoms with Crippen molar-refractivity contribution in [2.24, 2.45) is 0 Å². The summed E-state index contributed by atoms with van der Waals surface area (Å²) >= 11 is 0. The van der Waals surface area contributed by atoms with Crippen LogP contribution in [0.25, 0.3) is 21.9 Å². The normalized spacial score (nSPS) is 20.8. The van der Waals surface area contributed by atoms with Gasteiger partial charge < -0.3 is 28.8 Å². The van der Waals surface area contributed by atoms with Crippen molar-refractivity contribution < 1.29 is 23.1 Å². The van der Waals surface area contributed by atoms with Crippen LogP contribution in [0.5, 0.6) is 0 Å². The molecule has 2 N–H and O–H groups in total. The highest BCUT2D eigenvalue weighted by molar-refractivity contribution is 7.53. The van der Waals surface area contributed by atoms with Crippen molar-refractivity contribution in [2.45, 2.75) is 52.4 Å². The number of rotatable bonds is 10. The van der Waals surface area contributed by atoms with Gasteiger partial charge in [0.05, 0.1) is 36.9 Å². The summed E-state index contributed by atoms with van der Waals surface area (Å²) in [5.41, 5.74) is 11.0. The van der Waals surface area contributed by atoms with E-state index in [1.54, 1.807) is 0 Å². The Hall–Kier alpha value is -2.81. The van der Waals surface area contributed by atoms with Gasteiger partial charge in [-0.15, -0.1) is 0 Å². The van der Waals surface area contributed by atoms with Crippen LogP contribution in [0.4, 0.5) is 5.82 Å². The highest BCUT2D eigenvalue weighted by Crippen LogP contribution is 2.53. The zero-order chi connectivity index (χ0) is 26.7. The van der Waals surface area contributed by atoms with Gasteiger partial charge in [-0.3, -0.25) is 4.57 Å². The Morgan fingerprint density at radius 3 is 2.68 bits per heavy atom. The van der Waals surface area contributed by atoms with Crippen molar-refractivity contribution in [1.29, 1.82) is 0 Å². The van der Waals surface area contributed by atoms with Crippen LogP contribution in [-0.4, -0.2) is 46.8 Å². The molecule has 2 aromatic carbocycles. The molecule has 0 amide bonds. The van der Waals surface area contributed by atoms with Crippen molar-refractivity contribution in [2.75, 3.05) is 31.9 Å². The number of aryl methyl sites for hydroxylation is 1. The molecule has 1 fully saturated rings. The summed E-state index contributed by atoms with van der Waals surface area (Å²) in [4.78, 5) is 9.28. The van der Waals surface area contributed by atoms with E-state index in [0.717, 1.165) is 34.2 Å². The Morgan fingerprint density at radius 2 is 1.92 bits per heavy atom. The molecule has 0 radical (unpaired) electrons. The van der Waals surface area contributed by atoms with Gasteiger partial charge in [-0.1, -0.05) is 49.4 Å². The summed E-state index contributed by atoms with van der Waals surface area (Å²) in [6, 6.07) is 16.2. The molecule has 4 aromatic rings. The molecular weight excluding hydrogens is 503 g/mol. The van der Waals surface area contributed by atoms with E-state index in [0.29, 0.717) is 44.3 Å². The van der Waals surface area contributed by atoms with E-state index in [-0.39, 0.29) is 18.4 Å². The number of hydrogen-bond donors (Lipinski definition) is 1. The monoisotopic (exact) mass is 538 g/mol. The number of aromatic nitrogens is 3. The number of nitrogens with two attached hydrogens (primary N) is 1. The van der Waals surface area contributed by atoms with Gasteiger partial charge >= 0.3 is 7.60 Å². The molecule has 9 nitrogen and oxygen atoms in total. The Kier molecular flexibility index (Phi) is 8.12. The number of pyridine rings is 1. The Balaban J connectivity index is 1.30. The summed E-state index contributed by atoms with van der Waals surface area (Å²) in [6.45, 7) is 8.02. The average molecular weight is 539 g/mol. The van der Waals surface area contributed by atoms with Crippen LogP contribution in [0, 0.1) is 0 Å². The minimum absolute atomic E-state index is 0.0479. The van der Waals surface area contributed by atoms with Crippen molar-refractivity contribution in [3.63, 3.8) is 0 Å². The molecular formula is C28H35N4O5P. The van der Waals surface area contributed by atoms with Gasteiger partial charge in [0.25, 0.3) is 0 Å². The van der Waals surface area contributed by atoms with Gasteiger partial charge in [0.2, 0.25) is 0 Å². The highest BCUT2D eigenvalue weighted by Gasteiger charge is 2.34. The van der Waals surface area contributed by atoms with E-state index in [4.69, 9.17) is 29.2 Å². The lowest BCUT2D eigenvalue weighted by atomic mass is 9.98. The molecule has 0 spiro atoms. The summed E-state index contributed by atoms with van der Waals surface area (Å²) in [6.07, 6.45) is 0.537. The summed E-state index contributed by atoms with van der Waals surface area (Å²) in [5, 5.41) is 0.948. The third-order valence-corrected chi connectivity index (χ3v) is 8.41. The number of benzene rings is 2. The second-order valence-electron chi connectivity index (χ2n) is 9.59. The first kappa shape index (κ1) is 26.8. The van der Waals surface area contributed by atoms with E-state index >= 15 is 0 Å². The number of para-hydroxylation sites is 1. The third-order valence-electron chi connectivity index (χ3n) is 6.86. The molecule has 1 unspecified atom stereocenters. The van der Waals surface area contributed by atoms with Crippen LogP contribution in [0.15, 0.2) is 48.5 Å². The van der Waals surface area contributed by atoms with Crippen molar-refractivity contribution in [3.05, 3.63) is 65.5 Å². The maximum atomic E-state index is 13.2. The quantitative estimate of drug-likeness (QED) is 0.258. The number of imidazole rings is 1. The number of nitrogens with zero attached hydrogens (tertiary/aromatic N) is 3. The zero-order valence-electron chi connectivity index (χ0n) is 22.1. The van der Waals surface area contributed by atoms with Crippen molar-refractivity contribution in [3.8, 4) is 0 Å². The maximum absolute atomic E-state index is 13.2. The lowest BCUT2D eigenvalue weighted by molar-refractivity contribution is 0.0492. The van der Waals surface area contributed by atoms with Crippen LogP contribution < -0.4 is 5.73 Å². The van der Waals surface area contributed by atoms with Gasteiger partial charge in [-0.05, 0) is 37.5 Å². The minimum Gasteiger partial charge on any atom is -0.382 e. The number of anilines is 1. The standard InChI is InChI=1S/C28H35N4O5P/c1-4-20-9-8-10-21(13-20)22-15-36-38(33,37-16-22)18-35-19(3)14-32-25(17-34-5-2)31-26-27(32)23-11-6-7-12-24(23)30-28(26)29/h6-13,19,22H,4-5,14-18H2,1-3H3,(H2,29,30). The predicted molar refractivity (Wildman–Crippen MR) is 148 cm³/mol. The molecule has 1 atom stereocenters. The zero-order valence-corrected chi connectivity index (χ0v) is 23.0. The number of fused-ring (bicyclic) bond motifs is 3. The van der Waals surface area contributed by atoms with Crippen LogP contribution in [0.3, 0.4) is 0 Å². The fourth-order valence-electron chi connectivity index (χ4n) is 4.76. The second-order valence-corrected chi connectivity index (χ2v) is 11.6. The summed E-state index contributed by atoms with van der Waals surface area (Å²) in [7, 11) is -3.36. The molecule has 10 heteroatoms. The predicted octanol–water partition coefficient (Wildman–Crippen LogP) is 5.65.